The van der Waals surface area contributed by atoms with Gasteiger partial charge in [0.15, 0.2) is 0 Å². The summed E-state index contributed by atoms with van der Waals surface area (Å²) in [6.07, 6.45) is 1.66. The topological polar surface area (TPSA) is 60.3 Å². The molecule has 5 nitrogen and oxygen atoms in total. The number of esters is 1. The first-order valence-corrected chi connectivity index (χ1v) is 6.48. The third-order valence-corrected chi connectivity index (χ3v) is 2.96. The third kappa shape index (κ3) is 2.82. The Labute approximate surface area is 117 Å². The molecule has 0 radical (unpaired) electrons. The fourth-order valence-corrected chi connectivity index (χ4v) is 2.17. The minimum absolute atomic E-state index is 0.0860. The van der Waals surface area contributed by atoms with E-state index >= 15 is 0 Å². The van der Waals surface area contributed by atoms with Crippen molar-refractivity contribution >= 4 is 22.8 Å². The summed E-state index contributed by atoms with van der Waals surface area (Å²) < 4.78 is 6.54. The van der Waals surface area contributed by atoms with Crippen molar-refractivity contribution in [2.24, 2.45) is 0 Å². The highest BCUT2D eigenvalue weighted by Crippen LogP contribution is 2.21. The minimum Gasteiger partial charge on any atom is -0.465 e. The Balaban J connectivity index is 2.39. The van der Waals surface area contributed by atoms with E-state index in [0.717, 1.165) is 10.9 Å². The number of nitrogens with one attached hydrogen (secondary N) is 1. The number of amides is 1. The van der Waals surface area contributed by atoms with Crippen LogP contribution in [-0.2, 0) is 16.1 Å². The van der Waals surface area contributed by atoms with Crippen molar-refractivity contribution in [1.82, 2.24) is 9.88 Å². The van der Waals surface area contributed by atoms with Gasteiger partial charge < -0.3 is 14.6 Å². The van der Waals surface area contributed by atoms with Crippen LogP contribution in [0.25, 0.3) is 10.9 Å². The second kappa shape index (κ2) is 5.77. The molecule has 1 N–H and O–H groups in total. The lowest BCUT2D eigenvalue weighted by molar-refractivity contribution is -0.122. The van der Waals surface area contributed by atoms with E-state index in [1.165, 1.54) is 7.11 Å². The van der Waals surface area contributed by atoms with Crippen LogP contribution in [0.5, 0.6) is 0 Å². The maximum absolute atomic E-state index is 11.9. The summed E-state index contributed by atoms with van der Waals surface area (Å²) in [6.45, 7) is 3.99. The number of hydrogen-bond acceptors (Lipinski definition) is 3. The van der Waals surface area contributed by atoms with Crippen molar-refractivity contribution in [3.63, 3.8) is 0 Å². The smallest absolute Gasteiger partial charge is 0.340 e. The predicted molar refractivity (Wildman–Crippen MR) is 76.6 cm³/mol. The standard InChI is InChI=1S/C15H18N2O3/c1-10(2)16-14(18)9-17-8-12(15(19)20-3)11-6-4-5-7-13(11)17/h4-8,10H,9H2,1-3H3,(H,16,18). The maximum atomic E-state index is 11.9. The van der Waals surface area contributed by atoms with E-state index in [2.05, 4.69) is 5.32 Å². The first-order valence-electron chi connectivity index (χ1n) is 6.48. The molecule has 1 heterocycles. The van der Waals surface area contributed by atoms with E-state index in [1.54, 1.807) is 10.8 Å². The number of nitrogens with zero attached hydrogens (tertiary/aromatic N) is 1. The number of rotatable bonds is 4. The molecule has 0 aliphatic carbocycles. The Morgan fingerprint density at radius 2 is 2.00 bits per heavy atom. The summed E-state index contributed by atoms with van der Waals surface area (Å²) in [5.41, 5.74) is 1.31. The summed E-state index contributed by atoms with van der Waals surface area (Å²) >= 11 is 0. The van der Waals surface area contributed by atoms with Gasteiger partial charge in [0.1, 0.15) is 6.54 Å². The van der Waals surface area contributed by atoms with Crippen LogP contribution in [0.15, 0.2) is 30.5 Å². The second-order valence-electron chi connectivity index (χ2n) is 4.90. The molecular formula is C15H18N2O3. The van der Waals surface area contributed by atoms with Crippen LogP contribution < -0.4 is 5.32 Å². The SMILES string of the molecule is COC(=O)c1cn(CC(=O)NC(C)C)c2ccccc12. The lowest BCUT2D eigenvalue weighted by atomic mass is 10.2. The average Bonchev–Trinajstić information content (AvgIpc) is 2.76. The summed E-state index contributed by atoms with van der Waals surface area (Å²) in [6, 6.07) is 7.54. The number of benzene rings is 1. The summed E-state index contributed by atoms with van der Waals surface area (Å²) in [5.74, 6) is -0.485. The lowest BCUT2D eigenvalue weighted by Crippen LogP contribution is -2.32. The number of aromatic nitrogens is 1. The maximum Gasteiger partial charge on any atom is 0.340 e. The minimum atomic E-state index is -0.399. The Morgan fingerprint density at radius 1 is 1.30 bits per heavy atom. The number of ether oxygens (including phenoxy) is 1. The fraction of sp³-hybridized carbons (Fsp3) is 0.333. The van der Waals surface area contributed by atoms with Crippen LogP contribution in [-0.4, -0.2) is 29.6 Å². The zero-order valence-electron chi connectivity index (χ0n) is 11.8. The zero-order chi connectivity index (χ0) is 14.7. The molecule has 0 spiro atoms. The van der Waals surface area contributed by atoms with Gasteiger partial charge in [-0.1, -0.05) is 18.2 Å². The number of hydrogen-bond donors (Lipinski definition) is 1. The highest BCUT2D eigenvalue weighted by molar-refractivity contribution is 6.04. The molecule has 2 aromatic rings. The zero-order valence-corrected chi connectivity index (χ0v) is 11.8. The molecule has 5 heteroatoms. The Bertz CT molecular complexity index is 644. The molecule has 0 bridgehead atoms. The predicted octanol–water partition coefficient (Wildman–Crippen LogP) is 1.95. The van der Waals surface area contributed by atoms with Gasteiger partial charge >= 0.3 is 5.97 Å². The molecule has 106 valence electrons. The fourth-order valence-electron chi connectivity index (χ4n) is 2.17. The van der Waals surface area contributed by atoms with E-state index in [-0.39, 0.29) is 18.5 Å². The summed E-state index contributed by atoms with van der Waals surface area (Å²) in [7, 11) is 1.35. The van der Waals surface area contributed by atoms with Gasteiger partial charge in [0.05, 0.1) is 12.7 Å². The van der Waals surface area contributed by atoms with Crippen LogP contribution in [0.2, 0.25) is 0 Å². The van der Waals surface area contributed by atoms with Crippen molar-refractivity contribution < 1.29 is 14.3 Å². The molecule has 1 aromatic heterocycles. The van der Waals surface area contributed by atoms with E-state index in [4.69, 9.17) is 4.74 Å². The van der Waals surface area contributed by atoms with Crippen molar-refractivity contribution in [3.8, 4) is 0 Å². The van der Waals surface area contributed by atoms with Gasteiger partial charge in [0.2, 0.25) is 5.91 Å². The number of methoxy groups -OCH3 is 1. The van der Waals surface area contributed by atoms with E-state index in [9.17, 15) is 9.59 Å². The van der Waals surface area contributed by atoms with Gasteiger partial charge in [-0.2, -0.15) is 0 Å². The lowest BCUT2D eigenvalue weighted by Gasteiger charge is -2.09. The van der Waals surface area contributed by atoms with Crippen molar-refractivity contribution in [3.05, 3.63) is 36.0 Å². The Morgan fingerprint density at radius 3 is 2.65 bits per heavy atom. The van der Waals surface area contributed by atoms with E-state index in [1.807, 2.05) is 38.1 Å². The highest BCUT2D eigenvalue weighted by atomic mass is 16.5. The second-order valence-corrected chi connectivity index (χ2v) is 4.90. The average molecular weight is 274 g/mol. The largest absolute Gasteiger partial charge is 0.465 e. The van der Waals surface area contributed by atoms with Crippen molar-refractivity contribution in [1.29, 1.82) is 0 Å². The number of para-hydroxylation sites is 1. The first-order chi connectivity index (χ1) is 9.52. The molecule has 1 amide bonds. The van der Waals surface area contributed by atoms with Gasteiger partial charge in [0, 0.05) is 23.1 Å². The number of fused-ring (bicyclic) bond motifs is 1. The van der Waals surface area contributed by atoms with Crippen LogP contribution in [0, 0.1) is 0 Å². The third-order valence-electron chi connectivity index (χ3n) is 2.96. The van der Waals surface area contributed by atoms with Gasteiger partial charge in [-0.3, -0.25) is 4.79 Å². The molecule has 0 saturated heterocycles. The molecule has 0 saturated carbocycles. The van der Waals surface area contributed by atoms with Gasteiger partial charge in [-0.25, -0.2) is 4.79 Å². The van der Waals surface area contributed by atoms with E-state index < -0.39 is 5.97 Å². The van der Waals surface area contributed by atoms with Gasteiger partial charge in [0.25, 0.3) is 0 Å². The van der Waals surface area contributed by atoms with Crippen LogP contribution in [0.4, 0.5) is 0 Å². The molecule has 1 aromatic carbocycles. The monoisotopic (exact) mass is 274 g/mol. The van der Waals surface area contributed by atoms with Crippen molar-refractivity contribution in [2.75, 3.05) is 7.11 Å². The molecule has 0 aliphatic heterocycles. The Kier molecular flexibility index (Phi) is 4.08. The molecule has 0 fully saturated rings. The normalized spacial score (nSPS) is 10.8. The number of carbonyl (C=O) groups is 2. The Hall–Kier alpha value is -2.30. The first kappa shape index (κ1) is 14.1. The molecule has 2 rings (SSSR count). The molecule has 0 atom stereocenters. The molecule has 20 heavy (non-hydrogen) atoms. The molecule has 0 unspecified atom stereocenters. The van der Waals surface area contributed by atoms with Crippen LogP contribution in [0.3, 0.4) is 0 Å². The summed E-state index contributed by atoms with van der Waals surface area (Å²) in [4.78, 5) is 23.6. The van der Waals surface area contributed by atoms with Crippen LogP contribution >= 0.6 is 0 Å². The molecular weight excluding hydrogens is 256 g/mol. The van der Waals surface area contributed by atoms with Crippen molar-refractivity contribution in [2.45, 2.75) is 26.4 Å². The van der Waals surface area contributed by atoms with E-state index in [0.29, 0.717) is 5.56 Å². The van der Waals surface area contributed by atoms with Gasteiger partial charge in [-0.05, 0) is 19.9 Å². The highest BCUT2D eigenvalue weighted by Gasteiger charge is 2.16. The quantitative estimate of drug-likeness (QED) is 0.867. The summed E-state index contributed by atoms with van der Waals surface area (Å²) in [5, 5.41) is 3.62. The molecule has 0 aliphatic rings. The van der Waals surface area contributed by atoms with Crippen LogP contribution in [0.1, 0.15) is 24.2 Å². The number of carbonyl (C=O) groups excluding carboxylic acids is 2. The van der Waals surface area contributed by atoms with Gasteiger partial charge in [-0.15, -0.1) is 0 Å².